The van der Waals surface area contributed by atoms with Gasteiger partial charge in [0, 0.05) is 25.9 Å². The average Bonchev–Trinajstić information content (AvgIpc) is 3.34. The first kappa shape index (κ1) is 15.6. The van der Waals surface area contributed by atoms with Crippen LogP contribution in [0.4, 0.5) is 0 Å². The molecule has 3 aliphatic rings. The maximum atomic E-state index is 13.2. The Morgan fingerprint density at radius 3 is 3.00 bits per heavy atom. The number of ether oxygens (including phenoxy) is 3. The summed E-state index contributed by atoms with van der Waals surface area (Å²) in [4.78, 5) is 15.0. The van der Waals surface area contributed by atoms with Crippen molar-refractivity contribution < 1.29 is 23.4 Å². The van der Waals surface area contributed by atoms with Crippen LogP contribution in [0.25, 0.3) is 0 Å². The van der Waals surface area contributed by atoms with Crippen molar-refractivity contribution in [2.45, 2.75) is 12.3 Å². The predicted molar refractivity (Wildman–Crippen MR) is 88.4 cm³/mol. The second-order valence-electron chi connectivity index (χ2n) is 7.01. The fourth-order valence-electron chi connectivity index (χ4n) is 4.10. The quantitative estimate of drug-likeness (QED) is 0.798. The van der Waals surface area contributed by atoms with Gasteiger partial charge in [-0.2, -0.15) is 0 Å². The molecule has 2 aromatic rings. The molecule has 2 atom stereocenters. The number of aromatic nitrogens is 2. The highest BCUT2D eigenvalue weighted by atomic mass is 16.6. The smallest absolute Gasteiger partial charge is 0.257 e. The van der Waals surface area contributed by atoms with E-state index in [0.29, 0.717) is 68.4 Å². The van der Waals surface area contributed by atoms with Crippen molar-refractivity contribution in [3.05, 3.63) is 35.5 Å². The van der Waals surface area contributed by atoms with E-state index in [0.717, 1.165) is 0 Å². The van der Waals surface area contributed by atoms with Crippen molar-refractivity contribution >= 4 is 5.91 Å². The molecule has 1 amide bonds. The summed E-state index contributed by atoms with van der Waals surface area (Å²) in [5.74, 6) is 2.29. The van der Waals surface area contributed by atoms with E-state index in [1.807, 2.05) is 17.0 Å². The first-order chi connectivity index (χ1) is 12.7. The van der Waals surface area contributed by atoms with Crippen LogP contribution in [0.15, 0.2) is 22.6 Å². The van der Waals surface area contributed by atoms with Gasteiger partial charge in [-0.05, 0) is 12.1 Å². The van der Waals surface area contributed by atoms with Crippen LogP contribution in [0.2, 0.25) is 0 Å². The summed E-state index contributed by atoms with van der Waals surface area (Å²) in [5.41, 5.74) is 0.100. The Kier molecular flexibility index (Phi) is 3.43. The summed E-state index contributed by atoms with van der Waals surface area (Å²) in [6, 6.07) is 5.42. The van der Waals surface area contributed by atoms with Crippen LogP contribution in [0.5, 0.6) is 11.5 Å². The lowest BCUT2D eigenvalue weighted by Gasteiger charge is -2.25. The molecule has 0 saturated carbocycles. The number of hydrogen-bond acceptors (Lipinski definition) is 7. The molecular formula is C18H19N3O5. The molecule has 3 aliphatic heterocycles. The number of rotatable bonds is 2. The minimum Gasteiger partial charge on any atom is -0.486 e. The van der Waals surface area contributed by atoms with Crippen LogP contribution in [0, 0.1) is 12.8 Å². The molecule has 0 radical (unpaired) electrons. The Morgan fingerprint density at radius 2 is 2.15 bits per heavy atom. The summed E-state index contributed by atoms with van der Waals surface area (Å²) in [5, 5.41) is 8.18. The number of nitrogens with zero attached hydrogens (tertiary/aromatic N) is 3. The van der Waals surface area contributed by atoms with Gasteiger partial charge in [0.2, 0.25) is 11.8 Å². The van der Waals surface area contributed by atoms with Crippen molar-refractivity contribution in [3.63, 3.8) is 0 Å². The van der Waals surface area contributed by atoms with Gasteiger partial charge < -0.3 is 23.5 Å². The lowest BCUT2D eigenvalue weighted by Crippen LogP contribution is -2.37. The van der Waals surface area contributed by atoms with Crippen LogP contribution in [-0.4, -0.2) is 60.5 Å². The molecule has 26 heavy (non-hydrogen) atoms. The third kappa shape index (κ3) is 2.21. The van der Waals surface area contributed by atoms with Gasteiger partial charge in [-0.25, -0.2) is 0 Å². The number of likely N-dealkylation sites (tertiary alicyclic amines) is 1. The molecule has 1 aromatic carbocycles. The Hall–Kier alpha value is -2.61. The zero-order chi connectivity index (χ0) is 17.7. The first-order valence-electron chi connectivity index (χ1n) is 8.73. The van der Waals surface area contributed by atoms with Crippen molar-refractivity contribution in [3.8, 4) is 11.5 Å². The van der Waals surface area contributed by atoms with Crippen molar-refractivity contribution in [2.75, 3.05) is 39.5 Å². The first-order valence-corrected chi connectivity index (χ1v) is 8.73. The second-order valence-corrected chi connectivity index (χ2v) is 7.01. The van der Waals surface area contributed by atoms with Gasteiger partial charge in [0.15, 0.2) is 11.5 Å². The molecule has 8 heteroatoms. The van der Waals surface area contributed by atoms with Gasteiger partial charge in [-0.1, -0.05) is 6.07 Å². The third-order valence-corrected chi connectivity index (χ3v) is 5.41. The maximum absolute atomic E-state index is 13.2. The lowest BCUT2D eigenvalue weighted by atomic mass is 9.81. The number of benzene rings is 1. The maximum Gasteiger partial charge on any atom is 0.257 e. The van der Waals surface area contributed by atoms with Gasteiger partial charge in [-0.15, -0.1) is 10.2 Å². The summed E-state index contributed by atoms with van der Waals surface area (Å²) in [7, 11) is 0. The fourth-order valence-corrected chi connectivity index (χ4v) is 4.10. The molecule has 5 rings (SSSR count). The summed E-state index contributed by atoms with van der Waals surface area (Å²) < 4.78 is 22.7. The van der Waals surface area contributed by atoms with Crippen LogP contribution < -0.4 is 9.47 Å². The average molecular weight is 357 g/mol. The van der Waals surface area contributed by atoms with Gasteiger partial charge in [0.25, 0.3) is 5.91 Å². The summed E-state index contributed by atoms with van der Waals surface area (Å²) in [6.45, 7) is 4.84. The number of para-hydroxylation sites is 1. The zero-order valence-electron chi connectivity index (χ0n) is 14.4. The second kappa shape index (κ2) is 5.70. The standard InChI is InChI=1S/C18H19N3O5/c1-11-19-20-17(26-11)18-9-21(7-12(18)8-23-10-18)16(22)13-3-2-4-14-15(13)25-6-5-24-14/h2-4,12H,5-10H2,1H3/t12-,18-/m0/s1. The number of carbonyl (C=O) groups excluding carboxylic acids is 1. The monoisotopic (exact) mass is 357 g/mol. The van der Waals surface area contributed by atoms with Gasteiger partial charge in [0.1, 0.15) is 13.2 Å². The van der Waals surface area contributed by atoms with Crippen LogP contribution in [0.3, 0.4) is 0 Å². The molecule has 0 spiro atoms. The zero-order valence-corrected chi connectivity index (χ0v) is 14.4. The van der Waals surface area contributed by atoms with Gasteiger partial charge in [-0.3, -0.25) is 4.79 Å². The minimum atomic E-state index is -0.427. The Bertz CT molecular complexity index is 866. The van der Waals surface area contributed by atoms with E-state index in [2.05, 4.69) is 10.2 Å². The normalized spacial score (nSPS) is 26.8. The summed E-state index contributed by atoms with van der Waals surface area (Å²) in [6.07, 6.45) is 0. The van der Waals surface area contributed by atoms with Crippen LogP contribution in [0.1, 0.15) is 22.1 Å². The number of fused-ring (bicyclic) bond motifs is 2. The Morgan fingerprint density at radius 1 is 1.27 bits per heavy atom. The van der Waals surface area contributed by atoms with Crippen LogP contribution in [-0.2, 0) is 10.2 Å². The van der Waals surface area contributed by atoms with E-state index in [4.69, 9.17) is 18.6 Å². The molecule has 4 heterocycles. The Labute approximate surface area is 150 Å². The molecular weight excluding hydrogens is 338 g/mol. The molecule has 8 nitrogen and oxygen atoms in total. The van der Waals surface area contributed by atoms with Crippen LogP contribution >= 0.6 is 0 Å². The van der Waals surface area contributed by atoms with E-state index in [-0.39, 0.29) is 11.8 Å². The summed E-state index contributed by atoms with van der Waals surface area (Å²) >= 11 is 0. The van der Waals surface area contributed by atoms with Crippen molar-refractivity contribution in [1.29, 1.82) is 0 Å². The Balaban J connectivity index is 1.47. The highest BCUT2D eigenvalue weighted by Crippen LogP contribution is 2.44. The number of aryl methyl sites for hydroxylation is 1. The van der Waals surface area contributed by atoms with E-state index in [1.54, 1.807) is 13.0 Å². The molecule has 0 N–H and O–H groups in total. The minimum absolute atomic E-state index is 0.0719. The molecule has 0 aliphatic carbocycles. The molecule has 0 unspecified atom stereocenters. The van der Waals surface area contributed by atoms with E-state index < -0.39 is 5.41 Å². The van der Waals surface area contributed by atoms with Crippen molar-refractivity contribution in [1.82, 2.24) is 15.1 Å². The molecule has 2 fully saturated rings. The van der Waals surface area contributed by atoms with E-state index in [9.17, 15) is 4.79 Å². The molecule has 136 valence electrons. The van der Waals surface area contributed by atoms with Gasteiger partial charge in [0.05, 0.1) is 24.2 Å². The molecule has 2 saturated heterocycles. The largest absolute Gasteiger partial charge is 0.486 e. The third-order valence-electron chi connectivity index (χ3n) is 5.41. The van der Waals surface area contributed by atoms with Crippen molar-refractivity contribution in [2.24, 2.45) is 5.92 Å². The van der Waals surface area contributed by atoms with Gasteiger partial charge >= 0.3 is 0 Å². The van der Waals surface area contributed by atoms with E-state index >= 15 is 0 Å². The topological polar surface area (TPSA) is 86.9 Å². The fraction of sp³-hybridized carbons (Fsp3) is 0.500. The SMILES string of the molecule is Cc1nnc([C@@]23COC[C@@H]2CN(C(=O)c2cccc4c2OCCO4)C3)o1. The highest BCUT2D eigenvalue weighted by Gasteiger charge is 2.56. The van der Waals surface area contributed by atoms with E-state index in [1.165, 1.54) is 0 Å². The number of hydrogen-bond donors (Lipinski definition) is 0. The number of carbonyl (C=O) groups is 1. The predicted octanol–water partition coefficient (Wildman–Crippen LogP) is 1.19. The highest BCUT2D eigenvalue weighted by molar-refractivity contribution is 5.98. The number of amides is 1. The lowest BCUT2D eigenvalue weighted by molar-refractivity contribution is 0.0728. The molecule has 0 bridgehead atoms. The molecule has 1 aromatic heterocycles.